The Balaban J connectivity index is 1.96. The van der Waals surface area contributed by atoms with Crippen molar-refractivity contribution in [1.29, 1.82) is 0 Å². The summed E-state index contributed by atoms with van der Waals surface area (Å²) in [5.74, 6) is 4.91. The molecular formula is C8H12. The molecule has 5 aliphatic carbocycles. The van der Waals surface area contributed by atoms with Crippen LogP contribution in [-0.2, 0) is 0 Å². The molecule has 0 N–H and O–H groups in total. The van der Waals surface area contributed by atoms with Crippen LogP contribution < -0.4 is 0 Å². The molecule has 5 rings (SSSR count). The first-order valence-corrected chi connectivity index (χ1v) is 3.95. The summed E-state index contributed by atoms with van der Waals surface area (Å²) < 4.78 is 0. The number of hydrogen-bond donors (Lipinski definition) is 0. The van der Waals surface area contributed by atoms with Gasteiger partial charge in [0.25, 0.3) is 0 Å². The van der Waals surface area contributed by atoms with E-state index in [1.807, 2.05) is 0 Å². The largest absolute Gasteiger partial charge is 0.0499 e. The van der Waals surface area contributed by atoms with E-state index in [2.05, 4.69) is 0 Å². The second-order valence-corrected chi connectivity index (χ2v) is 3.90. The minimum atomic E-state index is 1.21. The molecule has 44 valence electrons. The first-order chi connectivity index (χ1) is 3.95. The summed E-state index contributed by atoms with van der Waals surface area (Å²) in [6.07, 6.45) is 6.42. The maximum Gasteiger partial charge on any atom is -0.0352 e. The molecule has 4 bridgehead atoms. The summed E-state index contributed by atoms with van der Waals surface area (Å²) in [4.78, 5) is 0. The highest BCUT2D eigenvalue weighted by atomic mass is 14.6. The molecule has 0 heteroatoms. The van der Waals surface area contributed by atoms with Crippen molar-refractivity contribution >= 4 is 0 Å². The average Bonchev–Trinajstić information content (AvgIpc) is 1.84. The zero-order valence-corrected chi connectivity index (χ0v) is 5.14. The van der Waals surface area contributed by atoms with Crippen molar-refractivity contribution in [3.8, 4) is 0 Å². The fourth-order valence-electron chi connectivity index (χ4n) is 3.18. The molecule has 0 saturated heterocycles. The van der Waals surface area contributed by atoms with E-state index in [-0.39, 0.29) is 0 Å². The van der Waals surface area contributed by atoms with Crippen molar-refractivity contribution in [2.24, 2.45) is 23.7 Å². The molecule has 0 amide bonds. The normalized spacial score (nSPS) is 66.0. The summed E-state index contributed by atoms with van der Waals surface area (Å²) in [6, 6.07) is 0. The highest BCUT2D eigenvalue weighted by Gasteiger charge is 2.56. The van der Waals surface area contributed by atoms with Crippen LogP contribution >= 0.6 is 0 Å². The van der Waals surface area contributed by atoms with Crippen LogP contribution in [0.25, 0.3) is 0 Å². The van der Waals surface area contributed by atoms with Gasteiger partial charge in [0.1, 0.15) is 0 Å². The zero-order chi connectivity index (χ0) is 5.14. The lowest BCUT2D eigenvalue weighted by atomic mass is 9.42. The van der Waals surface area contributed by atoms with Crippen LogP contribution in [0.4, 0.5) is 0 Å². The molecule has 0 aliphatic heterocycles. The van der Waals surface area contributed by atoms with Crippen LogP contribution in [0.3, 0.4) is 0 Å². The Morgan fingerprint density at radius 1 is 0.750 bits per heavy atom. The quantitative estimate of drug-likeness (QED) is 0.445. The fourth-order valence-corrected chi connectivity index (χ4v) is 3.18. The summed E-state index contributed by atoms with van der Waals surface area (Å²) in [6.45, 7) is 0. The van der Waals surface area contributed by atoms with Crippen molar-refractivity contribution in [3.05, 3.63) is 0 Å². The summed E-state index contributed by atoms with van der Waals surface area (Å²) in [5, 5.41) is 0. The van der Waals surface area contributed by atoms with Gasteiger partial charge in [-0.25, -0.2) is 0 Å². The smallest absolute Gasteiger partial charge is 0.0352 e. The Morgan fingerprint density at radius 3 is 1.38 bits per heavy atom. The number of rotatable bonds is 0. The second kappa shape index (κ2) is 0.984. The van der Waals surface area contributed by atoms with Gasteiger partial charge in [-0.05, 0) is 49.4 Å². The molecule has 0 heterocycles. The Morgan fingerprint density at radius 2 is 1.25 bits per heavy atom. The van der Waals surface area contributed by atoms with Gasteiger partial charge in [-0.15, -0.1) is 0 Å². The van der Waals surface area contributed by atoms with Crippen LogP contribution in [0.15, 0.2) is 0 Å². The van der Waals surface area contributed by atoms with Gasteiger partial charge >= 0.3 is 0 Å². The van der Waals surface area contributed by atoms with Crippen LogP contribution in [0.1, 0.15) is 25.7 Å². The van der Waals surface area contributed by atoms with Crippen molar-refractivity contribution in [1.82, 2.24) is 0 Å². The van der Waals surface area contributed by atoms with E-state index in [4.69, 9.17) is 0 Å². The van der Waals surface area contributed by atoms with E-state index in [0.29, 0.717) is 0 Å². The zero-order valence-electron chi connectivity index (χ0n) is 5.14. The number of hydrogen-bond acceptors (Lipinski definition) is 0. The van der Waals surface area contributed by atoms with Crippen molar-refractivity contribution < 1.29 is 0 Å². The third-order valence-corrected chi connectivity index (χ3v) is 3.82. The summed E-state index contributed by atoms with van der Waals surface area (Å²) in [7, 11) is 0. The molecule has 4 atom stereocenters. The van der Waals surface area contributed by atoms with Gasteiger partial charge in [0, 0.05) is 0 Å². The van der Waals surface area contributed by atoms with Gasteiger partial charge in [-0.2, -0.15) is 0 Å². The van der Waals surface area contributed by atoms with E-state index in [0.717, 1.165) is 0 Å². The topological polar surface area (TPSA) is 0 Å². The van der Waals surface area contributed by atoms with Crippen LogP contribution in [-0.4, -0.2) is 0 Å². The first kappa shape index (κ1) is 3.92. The molecule has 5 fully saturated rings. The second-order valence-electron chi connectivity index (χ2n) is 3.90. The summed E-state index contributed by atoms with van der Waals surface area (Å²) in [5.41, 5.74) is 0. The molecule has 0 aromatic heterocycles. The Bertz CT molecular complexity index is 96.0. The highest BCUT2D eigenvalue weighted by Crippen LogP contribution is 2.65. The van der Waals surface area contributed by atoms with E-state index < -0.39 is 0 Å². The molecule has 0 radical (unpaired) electrons. The molecule has 5 aliphatic rings. The lowest BCUT2D eigenvalue weighted by Gasteiger charge is -2.63. The summed E-state index contributed by atoms with van der Waals surface area (Å²) >= 11 is 0. The third-order valence-electron chi connectivity index (χ3n) is 3.82. The van der Waals surface area contributed by atoms with Gasteiger partial charge < -0.3 is 0 Å². The van der Waals surface area contributed by atoms with Crippen molar-refractivity contribution in [2.45, 2.75) is 25.7 Å². The third kappa shape index (κ3) is 0.240. The molecule has 8 heavy (non-hydrogen) atoms. The van der Waals surface area contributed by atoms with Gasteiger partial charge in [0.15, 0.2) is 0 Å². The highest BCUT2D eigenvalue weighted by molar-refractivity contribution is 5.06. The molecule has 0 aromatic rings. The Labute approximate surface area is 50.3 Å². The molecule has 0 aromatic carbocycles. The van der Waals surface area contributed by atoms with Crippen LogP contribution in [0.2, 0.25) is 0 Å². The van der Waals surface area contributed by atoms with E-state index in [9.17, 15) is 0 Å². The maximum atomic E-state index is 1.62. The monoisotopic (exact) mass is 108 g/mol. The molecule has 5 saturated carbocycles. The predicted molar refractivity (Wildman–Crippen MR) is 32.4 cm³/mol. The molecule has 0 spiro atoms. The van der Waals surface area contributed by atoms with Gasteiger partial charge in [-0.1, -0.05) is 0 Å². The molecule has 3 unspecified atom stereocenters. The van der Waals surface area contributed by atoms with E-state index >= 15 is 0 Å². The van der Waals surface area contributed by atoms with Crippen LogP contribution in [0.5, 0.6) is 0 Å². The fraction of sp³-hybridized carbons (Fsp3) is 1.00. The van der Waals surface area contributed by atoms with Gasteiger partial charge in [0.05, 0.1) is 0 Å². The molecular weight excluding hydrogens is 96.1 g/mol. The van der Waals surface area contributed by atoms with Gasteiger partial charge in [0.2, 0.25) is 0 Å². The first-order valence-electron chi connectivity index (χ1n) is 3.95. The molecule has 0 nitrogen and oxygen atoms in total. The minimum Gasteiger partial charge on any atom is -0.0499 e. The van der Waals surface area contributed by atoms with Crippen LogP contribution in [0, 0.1) is 23.7 Å². The lowest BCUT2D eigenvalue weighted by Crippen LogP contribution is -2.55. The Hall–Kier alpha value is 0. The maximum absolute atomic E-state index is 1.62. The predicted octanol–water partition coefficient (Wildman–Crippen LogP) is 2.05. The van der Waals surface area contributed by atoms with Gasteiger partial charge in [-0.3, -0.25) is 0 Å². The standard InChI is InChI=1S/C8H12/c1-2-6-4-7-5(1)3-8(6)7/h5-8H,1-4H2/t5?,6?,7-,8?/m1/s1. The Kier molecular flexibility index (Phi) is 0.482. The minimum absolute atomic E-state index is 1.21. The average molecular weight is 108 g/mol. The van der Waals surface area contributed by atoms with E-state index in [1.54, 1.807) is 25.7 Å². The van der Waals surface area contributed by atoms with Crippen molar-refractivity contribution in [2.75, 3.05) is 0 Å². The van der Waals surface area contributed by atoms with Crippen molar-refractivity contribution in [3.63, 3.8) is 0 Å². The lowest BCUT2D eigenvalue weighted by molar-refractivity contribution is -0.140. The van der Waals surface area contributed by atoms with E-state index in [1.165, 1.54) is 23.7 Å². The SMILES string of the molecule is C1CC2CC3C1C[C@H]23.